The van der Waals surface area contributed by atoms with Crippen molar-refractivity contribution in [3.05, 3.63) is 16.1 Å². The number of hydrogen-bond donors (Lipinski definition) is 2. The maximum atomic E-state index is 11.9. The molecule has 2 N–H and O–H groups in total. The first-order chi connectivity index (χ1) is 10.6. The lowest BCUT2D eigenvalue weighted by molar-refractivity contribution is -0.130. The summed E-state index contributed by atoms with van der Waals surface area (Å²) >= 11 is 1.65. The molecule has 0 aromatic carbocycles. The molecule has 0 saturated heterocycles. The molecule has 0 saturated carbocycles. The van der Waals surface area contributed by atoms with Crippen molar-refractivity contribution in [2.75, 3.05) is 26.2 Å². The van der Waals surface area contributed by atoms with Gasteiger partial charge in [0, 0.05) is 43.7 Å². The summed E-state index contributed by atoms with van der Waals surface area (Å²) in [4.78, 5) is 23.8. The van der Waals surface area contributed by atoms with Crippen LogP contribution in [0.1, 0.15) is 37.1 Å². The van der Waals surface area contributed by atoms with E-state index in [-0.39, 0.29) is 29.9 Å². The molecule has 8 heteroatoms. The Labute approximate surface area is 160 Å². The molecule has 0 bridgehead atoms. The van der Waals surface area contributed by atoms with Gasteiger partial charge in [-0.1, -0.05) is 0 Å². The second kappa shape index (κ2) is 12.5. The van der Waals surface area contributed by atoms with Crippen molar-refractivity contribution in [1.29, 1.82) is 0 Å². The Morgan fingerprint density at radius 3 is 2.52 bits per heavy atom. The minimum absolute atomic E-state index is 0. The number of aliphatic imine (C=N–C) groups is 1. The fraction of sp³-hybridized carbons (Fsp3) is 0.667. The predicted octanol–water partition coefficient (Wildman–Crippen LogP) is 2.38. The molecular formula is C15H28IN5OS. The minimum Gasteiger partial charge on any atom is -0.357 e. The van der Waals surface area contributed by atoms with E-state index in [1.54, 1.807) is 11.3 Å². The number of thiazole rings is 1. The summed E-state index contributed by atoms with van der Waals surface area (Å²) in [7, 11) is 0. The molecule has 1 amide bonds. The molecule has 0 atom stereocenters. The van der Waals surface area contributed by atoms with Crippen molar-refractivity contribution in [1.82, 2.24) is 20.5 Å². The zero-order valence-corrected chi connectivity index (χ0v) is 17.5. The van der Waals surface area contributed by atoms with Crippen LogP contribution < -0.4 is 10.6 Å². The number of carbonyl (C=O) groups excluding carboxylic acids is 1. The number of nitrogens with one attached hydrogen (secondary N) is 2. The number of hydrogen-bond acceptors (Lipinski definition) is 4. The van der Waals surface area contributed by atoms with Gasteiger partial charge in [-0.3, -0.25) is 4.79 Å². The summed E-state index contributed by atoms with van der Waals surface area (Å²) in [5.41, 5.74) is 0. The Balaban J connectivity index is 0.00000484. The Kier molecular flexibility index (Phi) is 12.0. The largest absolute Gasteiger partial charge is 0.357 e. The molecule has 0 aliphatic rings. The number of halogens is 1. The van der Waals surface area contributed by atoms with Crippen LogP contribution in [0.25, 0.3) is 0 Å². The zero-order chi connectivity index (χ0) is 16.4. The summed E-state index contributed by atoms with van der Waals surface area (Å²) in [5, 5.41) is 7.38. The quantitative estimate of drug-likeness (QED) is 0.360. The number of aryl methyl sites for hydroxylation is 1. The molecular weight excluding hydrogens is 425 g/mol. The summed E-state index contributed by atoms with van der Waals surface area (Å²) in [6.45, 7) is 11.5. The van der Waals surface area contributed by atoms with Gasteiger partial charge in [0.1, 0.15) is 5.01 Å². The van der Waals surface area contributed by atoms with Gasteiger partial charge in [0.2, 0.25) is 5.91 Å². The summed E-state index contributed by atoms with van der Waals surface area (Å²) in [5.74, 6) is 0.895. The van der Waals surface area contributed by atoms with Crippen molar-refractivity contribution < 1.29 is 4.79 Å². The second-order valence-electron chi connectivity index (χ2n) is 4.80. The fourth-order valence-corrected chi connectivity index (χ4v) is 2.70. The molecule has 0 fully saturated rings. The fourth-order valence-electron chi connectivity index (χ4n) is 1.99. The first-order valence-corrected chi connectivity index (χ1v) is 8.63. The molecule has 1 heterocycles. The Bertz CT molecular complexity index is 488. The maximum Gasteiger partial charge on any atom is 0.224 e. The highest BCUT2D eigenvalue weighted by molar-refractivity contribution is 14.0. The van der Waals surface area contributed by atoms with E-state index < -0.39 is 0 Å². The number of guanidine groups is 1. The highest BCUT2D eigenvalue weighted by atomic mass is 127. The van der Waals surface area contributed by atoms with Gasteiger partial charge >= 0.3 is 0 Å². The normalized spacial score (nSPS) is 10.9. The van der Waals surface area contributed by atoms with E-state index in [9.17, 15) is 4.79 Å². The lowest BCUT2D eigenvalue weighted by Crippen LogP contribution is -2.40. The number of amides is 1. The third-order valence-corrected chi connectivity index (χ3v) is 4.03. The Morgan fingerprint density at radius 1 is 1.30 bits per heavy atom. The predicted molar refractivity (Wildman–Crippen MR) is 108 cm³/mol. The monoisotopic (exact) mass is 453 g/mol. The lowest BCUT2D eigenvalue weighted by atomic mass is 10.3. The van der Waals surface area contributed by atoms with E-state index in [0.29, 0.717) is 19.5 Å². The number of nitrogens with zero attached hydrogens (tertiary/aromatic N) is 3. The van der Waals surface area contributed by atoms with Crippen molar-refractivity contribution in [3.8, 4) is 0 Å². The number of carbonyl (C=O) groups is 1. The second-order valence-corrected chi connectivity index (χ2v) is 6.12. The van der Waals surface area contributed by atoms with E-state index >= 15 is 0 Å². The van der Waals surface area contributed by atoms with Gasteiger partial charge in [0.05, 0.1) is 6.54 Å². The third kappa shape index (κ3) is 8.50. The molecule has 1 aromatic rings. The highest BCUT2D eigenvalue weighted by Gasteiger charge is 2.09. The summed E-state index contributed by atoms with van der Waals surface area (Å²) in [6.07, 6.45) is 2.33. The first-order valence-electron chi connectivity index (χ1n) is 7.81. The van der Waals surface area contributed by atoms with Crippen LogP contribution in [0.5, 0.6) is 0 Å². The van der Waals surface area contributed by atoms with Gasteiger partial charge in [0.25, 0.3) is 0 Å². The van der Waals surface area contributed by atoms with Crippen LogP contribution in [0.3, 0.4) is 0 Å². The maximum absolute atomic E-state index is 11.9. The van der Waals surface area contributed by atoms with Crippen LogP contribution in [0.4, 0.5) is 0 Å². The molecule has 1 aromatic heterocycles. The molecule has 0 unspecified atom stereocenters. The van der Waals surface area contributed by atoms with Crippen LogP contribution >= 0.6 is 35.3 Å². The third-order valence-electron chi connectivity index (χ3n) is 3.13. The standard InChI is InChI=1S/C15H27N5OS.HI/c1-5-16-15(19-11-13-18-10-12(4)22-13)17-9-8-14(21)20(6-2)7-3;/h10H,5-9,11H2,1-4H3,(H2,16,17,19);1H. The van der Waals surface area contributed by atoms with E-state index in [2.05, 4.69) is 20.6 Å². The minimum atomic E-state index is 0. The van der Waals surface area contributed by atoms with Crippen molar-refractivity contribution in [2.45, 2.75) is 40.7 Å². The summed E-state index contributed by atoms with van der Waals surface area (Å²) in [6, 6.07) is 0. The summed E-state index contributed by atoms with van der Waals surface area (Å²) < 4.78 is 0. The molecule has 0 aliphatic heterocycles. The first kappa shape index (κ1) is 22.1. The van der Waals surface area contributed by atoms with E-state index in [1.807, 2.05) is 38.8 Å². The molecule has 23 heavy (non-hydrogen) atoms. The lowest BCUT2D eigenvalue weighted by Gasteiger charge is -2.19. The van der Waals surface area contributed by atoms with E-state index in [4.69, 9.17) is 0 Å². The van der Waals surface area contributed by atoms with Gasteiger partial charge in [-0.15, -0.1) is 35.3 Å². The Morgan fingerprint density at radius 2 is 2.00 bits per heavy atom. The molecule has 1 rings (SSSR count). The van der Waals surface area contributed by atoms with Crippen LogP contribution in [0.15, 0.2) is 11.2 Å². The molecule has 0 aliphatic carbocycles. The SMILES string of the molecule is CCNC(=NCc1ncc(C)s1)NCCC(=O)N(CC)CC.I. The van der Waals surface area contributed by atoms with Crippen LogP contribution in [0, 0.1) is 6.92 Å². The van der Waals surface area contributed by atoms with Crippen LogP contribution in [-0.2, 0) is 11.3 Å². The molecule has 132 valence electrons. The van der Waals surface area contributed by atoms with E-state index in [0.717, 1.165) is 30.6 Å². The van der Waals surface area contributed by atoms with Crippen molar-refractivity contribution in [3.63, 3.8) is 0 Å². The number of aromatic nitrogens is 1. The van der Waals surface area contributed by atoms with Gasteiger partial charge in [-0.05, 0) is 27.7 Å². The average Bonchev–Trinajstić information content (AvgIpc) is 2.91. The average molecular weight is 453 g/mol. The van der Waals surface area contributed by atoms with Gasteiger partial charge in [0.15, 0.2) is 5.96 Å². The molecule has 0 spiro atoms. The molecule has 6 nitrogen and oxygen atoms in total. The van der Waals surface area contributed by atoms with Gasteiger partial charge in [-0.25, -0.2) is 9.98 Å². The molecule has 0 radical (unpaired) electrons. The van der Waals surface area contributed by atoms with Gasteiger partial charge < -0.3 is 15.5 Å². The van der Waals surface area contributed by atoms with Crippen LogP contribution in [-0.4, -0.2) is 47.9 Å². The highest BCUT2D eigenvalue weighted by Crippen LogP contribution is 2.11. The van der Waals surface area contributed by atoms with E-state index in [1.165, 1.54) is 4.88 Å². The van der Waals surface area contributed by atoms with Crippen molar-refractivity contribution in [2.24, 2.45) is 4.99 Å². The Hall–Kier alpha value is -0.900. The smallest absolute Gasteiger partial charge is 0.224 e. The number of rotatable bonds is 8. The topological polar surface area (TPSA) is 69.6 Å². The van der Waals surface area contributed by atoms with Crippen LogP contribution in [0.2, 0.25) is 0 Å². The van der Waals surface area contributed by atoms with Gasteiger partial charge in [-0.2, -0.15) is 0 Å². The van der Waals surface area contributed by atoms with Crippen molar-refractivity contribution >= 4 is 47.2 Å². The zero-order valence-electron chi connectivity index (χ0n) is 14.4.